The molecule has 0 unspecified atom stereocenters. The average molecular weight is 518 g/mol. The summed E-state index contributed by atoms with van der Waals surface area (Å²) < 4.78 is 18.8. The van der Waals surface area contributed by atoms with Crippen molar-refractivity contribution in [2.24, 2.45) is 0 Å². The van der Waals surface area contributed by atoms with Gasteiger partial charge < -0.3 is 34.1 Å². The number of hydrogen-bond acceptors (Lipinski definition) is 7. The van der Waals surface area contributed by atoms with Gasteiger partial charge in [-0.15, -0.1) is 0 Å². The Bertz CT molecular complexity index is 1400. The Morgan fingerprint density at radius 3 is 2.53 bits per heavy atom. The summed E-state index contributed by atoms with van der Waals surface area (Å²) in [6.45, 7) is 2.62. The Kier molecular flexibility index (Phi) is 7.48. The van der Waals surface area contributed by atoms with Crippen LogP contribution in [0.4, 0.5) is 10.5 Å². The van der Waals surface area contributed by atoms with Crippen LogP contribution in [0.5, 0.6) is 17.4 Å². The second-order valence-electron chi connectivity index (χ2n) is 9.24. The molecule has 1 saturated heterocycles. The highest BCUT2D eigenvalue weighted by Crippen LogP contribution is 2.30. The van der Waals surface area contributed by atoms with Crippen LogP contribution in [0.25, 0.3) is 11.0 Å². The summed E-state index contributed by atoms with van der Waals surface area (Å²) in [5, 5.41) is 11.5. The van der Waals surface area contributed by atoms with Crippen LogP contribution in [0, 0.1) is 0 Å². The van der Waals surface area contributed by atoms with E-state index < -0.39 is 6.09 Å². The minimum atomic E-state index is -0.957. The van der Waals surface area contributed by atoms with E-state index in [0.29, 0.717) is 30.5 Å². The van der Waals surface area contributed by atoms with Gasteiger partial charge in [-0.25, -0.2) is 14.8 Å². The number of hydrogen-bond donors (Lipinski definition) is 2. The number of methoxy groups -OCH3 is 2. The van der Waals surface area contributed by atoms with Crippen LogP contribution < -0.4 is 24.4 Å². The molecule has 2 aromatic carbocycles. The molecule has 2 aromatic heterocycles. The molecule has 0 aliphatic carbocycles. The SMILES string of the molecule is COc1ccc(COc2ccc(Cn3cnc4cc(N5CCC(NC(=O)O)CC5)ccc43)cc2OC)cn1. The van der Waals surface area contributed by atoms with Crippen LogP contribution >= 0.6 is 0 Å². The Morgan fingerprint density at radius 1 is 1.00 bits per heavy atom. The Hall–Kier alpha value is -4.47. The van der Waals surface area contributed by atoms with Gasteiger partial charge in [-0.2, -0.15) is 0 Å². The van der Waals surface area contributed by atoms with E-state index in [4.69, 9.17) is 19.3 Å². The largest absolute Gasteiger partial charge is 0.493 e. The van der Waals surface area contributed by atoms with Crippen LogP contribution in [0.15, 0.2) is 61.1 Å². The van der Waals surface area contributed by atoms with Crippen molar-refractivity contribution in [1.29, 1.82) is 0 Å². The maximum atomic E-state index is 10.9. The lowest BCUT2D eigenvalue weighted by Gasteiger charge is -2.33. The molecule has 0 bridgehead atoms. The molecule has 2 N–H and O–H groups in total. The molecule has 1 fully saturated rings. The fourth-order valence-electron chi connectivity index (χ4n) is 4.74. The molecule has 1 aliphatic heterocycles. The maximum Gasteiger partial charge on any atom is 0.404 e. The molecule has 0 radical (unpaired) electrons. The molecule has 3 heterocycles. The lowest BCUT2D eigenvalue weighted by molar-refractivity contribution is 0.187. The number of piperidine rings is 1. The third-order valence-corrected chi connectivity index (χ3v) is 6.77. The van der Waals surface area contributed by atoms with Crippen molar-refractivity contribution in [3.05, 3.63) is 72.2 Å². The number of pyridine rings is 1. The van der Waals surface area contributed by atoms with Gasteiger partial charge in [0.05, 0.1) is 31.6 Å². The van der Waals surface area contributed by atoms with Crippen LogP contribution in [0.1, 0.15) is 24.0 Å². The van der Waals surface area contributed by atoms with Crippen LogP contribution in [-0.2, 0) is 13.2 Å². The van der Waals surface area contributed by atoms with Crippen LogP contribution in [0.3, 0.4) is 0 Å². The number of aromatic nitrogens is 3. The minimum absolute atomic E-state index is 0.0138. The van der Waals surface area contributed by atoms with Gasteiger partial charge in [0.2, 0.25) is 5.88 Å². The van der Waals surface area contributed by atoms with Crippen molar-refractivity contribution >= 4 is 22.8 Å². The lowest BCUT2D eigenvalue weighted by Crippen LogP contribution is -2.44. The summed E-state index contributed by atoms with van der Waals surface area (Å²) in [5.74, 6) is 1.89. The number of imidazole rings is 1. The summed E-state index contributed by atoms with van der Waals surface area (Å²) >= 11 is 0. The number of anilines is 1. The van der Waals surface area contributed by atoms with E-state index in [1.165, 1.54) is 0 Å². The maximum absolute atomic E-state index is 10.9. The fourth-order valence-corrected chi connectivity index (χ4v) is 4.74. The molecule has 0 spiro atoms. The van der Waals surface area contributed by atoms with Crippen molar-refractivity contribution in [2.75, 3.05) is 32.2 Å². The lowest BCUT2D eigenvalue weighted by atomic mass is 10.0. The Balaban J connectivity index is 1.24. The van der Waals surface area contributed by atoms with Gasteiger partial charge in [0.1, 0.15) is 6.61 Å². The Labute approximate surface area is 220 Å². The van der Waals surface area contributed by atoms with Crippen molar-refractivity contribution < 1.29 is 24.1 Å². The zero-order chi connectivity index (χ0) is 26.5. The van der Waals surface area contributed by atoms with Crippen LogP contribution in [-0.4, -0.2) is 59.1 Å². The van der Waals surface area contributed by atoms with Crippen molar-refractivity contribution in [2.45, 2.75) is 32.0 Å². The fraction of sp³-hybridized carbons (Fsp3) is 0.321. The molecule has 1 amide bonds. The van der Waals surface area contributed by atoms with Gasteiger partial charge in [0, 0.05) is 49.2 Å². The monoisotopic (exact) mass is 517 g/mol. The van der Waals surface area contributed by atoms with Crippen molar-refractivity contribution in [1.82, 2.24) is 19.9 Å². The number of rotatable bonds is 9. The second kappa shape index (κ2) is 11.3. The molecular weight excluding hydrogens is 486 g/mol. The smallest absolute Gasteiger partial charge is 0.404 e. The number of carbonyl (C=O) groups is 1. The third kappa shape index (κ3) is 5.74. The summed E-state index contributed by atoms with van der Waals surface area (Å²) in [5.41, 5.74) is 5.07. The summed E-state index contributed by atoms with van der Waals surface area (Å²) in [6, 6.07) is 16.0. The normalized spacial score (nSPS) is 13.9. The van der Waals surface area contributed by atoms with Gasteiger partial charge in [0.15, 0.2) is 11.5 Å². The zero-order valence-electron chi connectivity index (χ0n) is 21.5. The standard InChI is InChI=1S/C28H31N5O5/c1-36-26-13-19(3-7-25(26)38-17-20-4-8-27(37-2)29-15-20)16-33-18-30-23-14-22(5-6-24(23)33)32-11-9-21(10-12-32)31-28(34)35/h3-8,13-15,18,21,31H,9-12,16-17H2,1-2H3,(H,34,35). The number of nitrogens with zero attached hydrogens (tertiary/aromatic N) is 4. The topological polar surface area (TPSA) is 111 Å². The molecule has 5 rings (SSSR count). The number of fused-ring (bicyclic) bond motifs is 1. The van der Waals surface area contributed by atoms with E-state index in [1.54, 1.807) is 26.5 Å². The van der Waals surface area contributed by atoms with Crippen molar-refractivity contribution in [3.63, 3.8) is 0 Å². The first kappa shape index (κ1) is 25.2. The van der Waals surface area contributed by atoms with E-state index in [2.05, 4.69) is 43.0 Å². The number of ether oxygens (including phenoxy) is 3. The molecule has 198 valence electrons. The van der Waals surface area contributed by atoms with E-state index in [0.717, 1.165) is 53.8 Å². The predicted molar refractivity (Wildman–Crippen MR) is 143 cm³/mol. The predicted octanol–water partition coefficient (Wildman–Crippen LogP) is 4.31. The molecule has 4 aromatic rings. The molecular formula is C28H31N5O5. The van der Waals surface area contributed by atoms with E-state index in [1.807, 2.05) is 30.6 Å². The number of benzene rings is 2. The summed E-state index contributed by atoms with van der Waals surface area (Å²) in [6.07, 6.45) is 4.20. The molecule has 10 nitrogen and oxygen atoms in total. The highest BCUT2D eigenvalue weighted by Gasteiger charge is 2.21. The quantitative estimate of drug-likeness (QED) is 0.338. The number of nitrogens with one attached hydrogen (secondary N) is 1. The third-order valence-electron chi connectivity index (χ3n) is 6.77. The van der Waals surface area contributed by atoms with Gasteiger partial charge in [-0.1, -0.05) is 6.07 Å². The molecule has 38 heavy (non-hydrogen) atoms. The first-order chi connectivity index (χ1) is 18.5. The molecule has 10 heteroatoms. The van der Waals surface area contributed by atoms with Gasteiger partial charge >= 0.3 is 6.09 Å². The van der Waals surface area contributed by atoms with Gasteiger partial charge in [-0.05, 0) is 54.8 Å². The highest BCUT2D eigenvalue weighted by molar-refractivity contribution is 5.80. The second-order valence-corrected chi connectivity index (χ2v) is 9.24. The summed E-state index contributed by atoms with van der Waals surface area (Å²) in [4.78, 5) is 22.0. The molecule has 1 aliphatic rings. The zero-order valence-corrected chi connectivity index (χ0v) is 21.5. The average Bonchev–Trinajstić information content (AvgIpc) is 3.34. The first-order valence-electron chi connectivity index (χ1n) is 12.5. The van der Waals surface area contributed by atoms with E-state index in [9.17, 15) is 4.79 Å². The van der Waals surface area contributed by atoms with Gasteiger partial charge in [-0.3, -0.25) is 0 Å². The van der Waals surface area contributed by atoms with Crippen LogP contribution in [0.2, 0.25) is 0 Å². The Morgan fingerprint density at radius 2 is 1.82 bits per heavy atom. The number of amides is 1. The van der Waals surface area contributed by atoms with E-state index in [-0.39, 0.29) is 6.04 Å². The summed E-state index contributed by atoms with van der Waals surface area (Å²) in [7, 11) is 3.22. The van der Waals surface area contributed by atoms with E-state index >= 15 is 0 Å². The number of carboxylic acid groups (broad SMARTS) is 1. The minimum Gasteiger partial charge on any atom is -0.493 e. The highest BCUT2D eigenvalue weighted by atomic mass is 16.5. The van der Waals surface area contributed by atoms with Crippen molar-refractivity contribution in [3.8, 4) is 17.4 Å². The first-order valence-corrected chi connectivity index (χ1v) is 12.5. The molecule has 0 atom stereocenters. The van der Waals surface area contributed by atoms with Gasteiger partial charge in [0.25, 0.3) is 0 Å². The molecule has 0 saturated carbocycles.